The molecule has 0 aliphatic carbocycles. The lowest BCUT2D eigenvalue weighted by molar-refractivity contribution is 0.0692. The molecule has 0 radical (unpaired) electrons. The molecule has 1 aliphatic rings. The number of amides is 1. The van der Waals surface area contributed by atoms with Gasteiger partial charge in [0.25, 0.3) is 5.91 Å². The number of aromatic nitrogens is 1. The van der Waals surface area contributed by atoms with Gasteiger partial charge in [-0.3, -0.25) is 4.79 Å². The van der Waals surface area contributed by atoms with Crippen molar-refractivity contribution in [2.45, 2.75) is 12.5 Å². The second-order valence-corrected chi connectivity index (χ2v) is 7.86. The lowest BCUT2D eigenvalue weighted by atomic mass is 9.91. The number of nitrogens with one attached hydrogen (secondary N) is 1. The van der Waals surface area contributed by atoms with Crippen LogP contribution >= 0.6 is 0 Å². The Kier molecular flexibility index (Phi) is 5.05. The van der Waals surface area contributed by atoms with E-state index in [2.05, 4.69) is 4.98 Å². The second kappa shape index (κ2) is 8.04. The van der Waals surface area contributed by atoms with E-state index in [0.717, 1.165) is 33.5 Å². The molecule has 0 saturated carbocycles. The minimum Gasteiger partial charge on any atom is -0.497 e. The van der Waals surface area contributed by atoms with E-state index in [1.807, 2.05) is 23.1 Å². The summed E-state index contributed by atoms with van der Waals surface area (Å²) in [5, 5.41) is 1.09. The van der Waals surface area contributed by atoms with Crippen molar-refractivity contribution >= 4 is 16.8 Å². The van der Waals surface area contributed by atoms with Crippen molar-refractivity contribution in [3.63, 3.8) is 0 Å². The smallest absolute Gasteiger partial charge is 0.254 e. The highest BCUT2D eigenvalue weighted by molar-refractivity contribution is 5.96. The summed E-state index contributed by atoms with van der Waals surface area (Å²) in [5.74, 6) is 1.10. The molecule has 0 saturated heterocycles. The van der Waals surface area contributed by atoms with Crippen LogP contribution in [0.3, 0.4) is 0 Å². The van der Waals surface area contributed by atoms with E-state index in [0.29, 0.717) is 24.3 Å². The fraction of sp³-hybridized carbons (Fsp3) is 0.192. The fourth-order valence-corrected chi connectivity index (χ4v) is 4.50. The Balaban J connectivity index is 1.63. The molecule has 4 aromatic rings. The van der Waals surface area contributed by atoms with Crippen LogP contribution in [-0.2, 0) is 6.42 Å². The van der Waals surface area contributed by atoms with E-state index in [1.54, 1.807) is 50.6 Å². The van der Waals surface area contributed by atoms with E-state index in [4.69, 9.17) is 9.47 Å². The SMILES string of the molecule is COc1ccc(C(=O)N2CCc3c([nH]c4ccc(OC)cc34)[C@H]2c2ccc(F)cc2)cc1. The molecule has 3 aromatic carbocycles. The van der Waals surface area contributed by atoms with Gasteiger partial charge in [0.15, 0.2) is 0 Å². The maximum Gasteiger partial charge on any atom is 0.254 e. The molecule has 2 heterocycles. The number of aromatic amines is 1. The van der Waals surface area contributed by atoms with Crippen molar-refractivity contribution in [3.05, 3.63) is 94.9 Å². The number of nitrogens with zero attached hydrogens (tertiary/aromatic N) is 1. The molecule has 5 rings (SSSR count). The van der Waals surface area contributed by atoms with Crippen molar-refractivity contribution in [1.82, 2.24) is 9.88 Å². The summed E-state index contributed by atoms with van der Waals surface area (Å²) in [6.45, 7) is 0.546. The Morgan fingerprint density at radius 3 is 2.34 bits per heavy atom. The summed E-state index contributed by atoms with van der Waals surface area (Å²) < 4.78 is 24.3. The Morgan fingerprint density at radius 2 is 1.66 bits per heavy atom. The van der Waals surface area contributed by atoms with Crippen molar-refractivity contribution < 1.29 is 18.7 Å². The van der Waals surface area contributed by atoms with Crippen molar-refractivity contribution in [3.8, 4) is 11.5 Å². The van der Waals surface area contributed by atoms with Crippen LogP contribution in [0.25, 0.3) is 10.9 Å². The van der Waals surface area contributed by atoms with Gasteiger partial charge < -0.3 is 19.4 Å². The summed E-state index contributed by atoms with van der Waals surface area (Å²) in [7, 11) is 3.25. The number of hydrogen-bond acceptors (Lipinski definition) is 3. The first-order valence-corrected chi connectivity index (χ1v) is 10.5. The fourth-order valence-electron chi connectivity index (χ4n) is 4.50. The normalized spacial score (nSPS) is 15.5. The topological polar surface area (TPSA) is 54.6 Å². The lowest BCUT2D eigenvalue weighted by Gasteiger charge is -2.36. The molecule has 1 N–H and O–H groups in total. The molecular weight excluding hydrogens is 407 g/mol. The van der Waals surface area contributed by atoms with Gasteiger partial charge in [-0.2, -0.15) is 0 Å². The zero-order valence-corrected chi connectivity index (χ0v) is 17.9. The number of benzene rings is 3. The summed E-state index contributed by atoms with van der Waals surface area (Å²) in [4.78, 5) is 18.9. The molecule has 0 unspecified atom stereocenters. The molecule has 1 aliphatic heterocycles. The minimum absolute atomic E-state index is 0.0798. The number of ether oxygens (including phenoxy) is 2. The molecule has 6 heteroatoms. The Morgan fingerprint density at radius 1 is 0.969 bits per heavy atom. The van der Waals surface area contributed by atoms with Gasteiger partial charge in [-0.15, -0.1) is 0 Å². The number of hydrogen-bond donors (Lipinski definition) is 1. The molecule has 1 amide bonds. The molecule has 32 heavy (non-hydrogen) atoms. The third-order valence-electron chi connectivity index (χ3n) is 6.12. The standard InChI is InChI=1S/C26H23FN2O3/c1-31-19-9-5-17(6-10-19)26(30)29-14-13-21-22-15-20(32-2)11-12-23(22)28-24(21)25(29)16-3-7-18(27)8-4-16/h3-12,15,25,28H,13-14H2,1-2H3/t25-/m1/s1. The number of carbonyl (C=O) groups is 1. The van der Waals surface area contributed by atoms with Gasteiger partial charge in [0, 0.05) is 28.7 Å². The third-order valence-corrected chi connectivity index (χ3v) is 6.12. The number of halogens is 1. The molecule has 0 spiro atoms. The summed E-state index contributed by atoms with van der Waals surface area (Å²) >= 11 is 0. The molecule has 1 atom stereocenters. The van der Waals surface area contributed by atoms with Gasteiger partial charge in [0.2, 0.25) is 0 Å². The average molecular weight is 430 g/mol. The monoisotopic (exact) mass is 430 g/mol. The van der Waals surface area contributed by atoms with Crippen LogP contribution in [0.2, 0.25) is 0 Å². The number of fused-ring (bicyclic) bond motifs is 3. The molecule has 1 aromatic heterocycles. The van der Waals surface area contributed by atoms with Crippen LogP contribution in [0.1, 0.15) is 33.2 Å². The number of rotatable bonds is 4. The van der Waals surface area contributed by atoms with Gasteiger partial charge in [0.05, 0.1) is 20.3 Å². The van der Waals surface area contributed by atoms with Crippen molar-refractivity contribution in [2.75, 3.05) is 20.8 Å². The zero-order valence-electron chi connectivity index (χ0n) is 17.9. The highest BCUT2D eigenvalue weighted by atomic mass is 19.1. The first kappa shape index (κ1) is 20.1. The van der Waals surface area contributed by atoms with Gasteiger partial charge in [-0.05, 0) is 72.1 Å². The summed E-state index contributed by atoms with van der Waals surface area (Å²) in [5.41, 5.74) is 4.54. The minimum atomic E-state index is -0.354. The first-order chi connectivity index (χ1) is 15.6. The number of carbonyl (C=O) groups excluding carboxylic acids is 1. The van der Waals surface area contributed by atoms with E-state index in [1.165, 1.54) is 12.1 Å². The van der Waals surface area contributed by atoms with Gasteiger partial charge >= 0.3 is 0 Å². The lowest BCUT2D eigenvalue weighted by Crippen LogP contribution is -2.40. The van der Waals surface area contributed by atoms with Crippen LogP contribution < -0.4 is 9.47 Å². The third kappa shape index (κ3) is 3.38. The molecule has 162 valence electrons. The largest absolute Gasteiger partial charge is 0.497 e. The maximum absolute atomic E-state index is 13.7. The number of methoxy groups -OCH3 is 2. The maximum atomic E-state index is 13.7. The quantitative estimate of drug-likeness (QED) is 0.489. The number of H-pyrrole nitrogens is 1. The molecule has 0 fully saturated rings. The highest BCUT2D eigenvalue weighted by Gasteiger charge is 2.35. The van der Waals surface area contributed by atoms with E-state index in [-0.39, 0.29) is 17.8 Å². The predicted octanol–water partition coefficient (Wildman–Crippen LogP) is 5.11. The summed E-state index contributed by atoms with van der Waals surface area (Å²) in [6, 6.07) is 19.0. The average Bonchev–Trinajstić information content (AvgIpc) is 3.21. The van der Waals surface area contributed by atoms with Crippen molar-refractivity contribution in [2.24, 2.45) is 0 Å². The van der Waals surface area contributed by atoms with Gasteiger partial charge in [-0.25, -0.2) is 4.39 Å². The molecule has 0 bridgehead atoms. The van der Waals surface area contributed by atoms with E-state index in [9.17, 15) is 9.18 Å². The zero-order chi connectivity index (χ0) is 22.2. The van der Waals surface area contributed by atoms with Crippen molar-refractivity contribution in [1.29, 1.82) is 0 Å². The Labute approximate surface area is 185 Å². The van der Waals surface area contributed by atoms with Crippen LogP contribution in [0.4, 0.5) is 4.39 Å². The highest BCUT2D eigenvalue weighted by Crippen LogP contribution is 2.40. The second-order valence-electron chi connectivity index (χ2n) is 7.86. The first-order valence-electron chi connectivity index (χ1n) is 10.5. The van der Waals surface area contributed by atoms with Crippen LogP contribution in [-0.4, -0.2) is 36.6 Å². The van der Waals surface area contributed by atoms with Gasteiger partial charge in [0.1, 0.15) is 17.3 Å². The van der Waals surface area contributed by atoms with E-state index < -0.39 is 0 Å². The molecule has 5 nitrogen and oxygen atoms in total. The molecular formula is C26H23FN2O3. The van der Waals surface area contributed by atoms with Crippen LogP contribution in [0.15, 0.2) is 66.7 Å². The van der Waals surface area contributed by atoms with Crippen LogP contribution in [0.5, 0.6) is 11.5 Å². The Bertz CT molecular complexity index is 1280. The van der Waals surface area contributed by atoms with Gasteiger partial charge in [-0.1, -0.05) is 12.1 Å². The predicted molar refractivity (Wildman–Crippen MR) is 121 cm³/mol. The Hall–Kier alpha value is -3.80. The summed E-state index contributed by atoms with van der Waals surface area (Å²) in [6.07, 6.45) is 0.710. The van der Waals surface area contributed by atoms with Crippen LogP contribution in [0, 0.1) is 5.82 Å². The van der Waals surface area contributed by atoms with E-state index >= 15 is 0 Å².